The van der Waals surface area contributed by atoms with Crippen LogP contribution in [0.5, 0.6) is 11.6 Å². The van der Waals surface area contributed by atoms with Gasteiger partial charge in [-0.2, -0.15) is 9.97 Å². The van der Waals surface area contributed by atoms with Gasteiger partial charge in [0.25, 0.3) is 11.6 Å². The van der Waals surface area contributed by atoms with Gasteiger partial charge in [0.15, 0.2) is 11.2 Å². The van der Waals surface area contributed by atoms with E-state index in [1.165, 1.54) is 0 Å². The molecule has 0 radical (unpaired) electrons. The normalized spacial score (nSPS) is 9.89. The summed E-state index contributed by atoms with van der Waals surface area (Å²) in [6.07, 6.45) is 0. The van der Waals surface area contributed by atoms with Crippen LogP contribution >= 0.6 is 0 Å². The molecule has 0 spiro atoms. The first-order chi connectivity index (χ1) is 9.20. The van der Waals surface area contributed by atoms with Gasteiger partial charge in [0.05, 0.1) is 0 Å². The zero-order chi connectivity index (χ0) is 13.7. The van der Waals surface area contributed by atoms with Gasteiger partial charge in [-0.05, 0) is 5.56 Å². The summed E-state index contributed by atoms with van der Waals surface area (Å²) in [6, 6.07) is 9.35. The van der Waals surface area contributed by atoms with Crippen LogP contribution in [0.2, 0.25) is 0 Å². The highest BCUT2D eigenvalue weighted by Gasteiger charge is 2.16. The predicted molar refractivity (Wildman–Crippen MR) is 68.1 cm³/mol. The molecule has 0 aliphatic rings. The molecule has 0 fully saturated rings. The van der Waals surface area contributed by atoms with Crippen molar-refractivity contribution in [2.24, 2.45) is 5.34 Å². The van der Waals surface area contributed by atoms with Crippen LogP contribution in [0, 0.1) is 4.91 Å². The Hall–Kier alpha value is -2.90. The molecule has 8 nitrogen and oxygen atoms in total. The maximum Gasteiger partial charge on any atom is 0.268 e. The average Bonchev–Trinajstić information content (AvgIpc) is 2.41. The lowest BCUT2D eigenvalue weighted by molar-refractivity contribution is 0.257. The summed E-state index contributed by atoms with van der Waals surface area (Å²) in [7, 11) is 0. The number of benzene rings is 1. The lowest BCUT2D eigenvalue weighted by Crippen LogP contribution is -2.06. The summed E-state index contributed by atoms with van der Waals surface area (Å²) in [5.41, 5.74) is 11.9. The molecule has 0 amide bonds. The number of aromatic nitrogens is 2. The van der Waals surface area contributed by atoms with Crippen LogP contribution in [-0.4, -0.2) is 9.97 Å². The first kappa shape index (κ1) is 12.6. The summed E-state index contributed by atoms with van der Waals surface area (Å²) in [5.74, 6) is -0.387. The van der Waals surface area contributed by atoms with E-state index in [1.54, 1.807) is 0 Å². The molecule has 2 rings (SSSR count). The van der Waals surface area contributed by atoms with E-state index in [0.29, 0.717) is 0 Å². The maximum atomic E-state index is 10.2. The number of nitrogens with zero attached hydrogens (tertiary/aromatic N) is 3. The van der Waals surface area contributed by atoms with Crippen molar-refractivity contribution in [1.29, 1.82) is 0 Å². The average molecular weight is 261 g/mol. The zero-order valence-corrected chi connectivity index (χ0v) is 9.81. The molecule has 1 aromatic heterocycles. The molecule has 0 aliphatic heterocycles. The van der Waals surface area contributed by atoms with Crippen molar-refractivity contribution >= 4 is 11.8 Å². The predicted octanol–water partition coefficient (Wildman–Crippen LogP) is 1.28. The first-order valence-corrected chi connectivity index (χ1v) is 5.30. The Balaban J connectivity index is 2.21. The zero-order valence-electron chi connectivity index (χ0n) is 9.81. The summed E-state index contributed by atoms with van der Waals surface area (Å²) >= 11 is 0. The number of hydrogen-bond acceptors (Lipinski definition) is 8. The third kappa shape index (κ3) is 3.06. The van der Waals surface area contributed by atoms with Gasteiger partial charge in [-0.3, -0.25) is 0 Å². The number of rotatable bonds is 5. The highest BCUT2D eigenvalue weighted by atomic mass is 16.7. The molecule has 19 heavy (non-hydrogen) atoms. The van der Waals surface area contributed by atoms with E-state index < -0.39 is 0 Å². The van der Waals surface area contributed by atoms with E-state index in [4.69, 9.17) is 16.2 Å². The van der Waals surface area contributed by atoms with Crippen molar-refractivity contribution < 1.29 is 9.57 Å². The quantitative estimate of drug-likeness (QED) is 0.613. The lowest BCUT2D eigenvalue weighted by Gasteiger charge is -2.09. The van der Waals surface area contributed by atoms with Crippen LogP contribution in [0.25, 0.3) is 0 Å². The smallest absolute Gasteiger partial charge is 0.268 e. The molecule has 0 unspecified atom stereocenters. The largest absolute Gasteiger partial charge is 0.470 e. The number of anilines is 2. The SMILES string of the molecule is Nc1nc(N)c(ON=O)c(OCc2ccccc2)n1. The van der Waals surface area contributed by atoms with Gasteiger partial charge in [-0.25, -0.2) is 0 Å². The van der Waals surface area contributed by atoms with Gasteiger partial charge in [-0.1, -0.05) is 30.3 Å². The van der Waals surface area contributed by atoms with Crippen molar-refractivity contribution in [1.82, 2.24) is 9.97 Å². The molecular weight excluding hydrogens is 250 g/mol. The Morgan fingerprint density at radius 3 is 2.58 bits per heavy atom. The van der Waals surface area contributed by atoms with Gasteiger partial charge >= 0.3 is 0 Å². The van der Waals surface area contributed by atoms with Gasteiger partial charge in [-0.15, -0.1) is 4.91 Å². The second kappa shape index (κ2) is 5.63. The molecule has 4 N–H and O–H groups in total. The Bertz CT molecular complexity index is 576. The summed E-state index contributed by atoms with van der Waals surface area (Å²) in [4.78, 5) is 22.1. The van der Waals surface area contributed by atoms with Crippen LogP contribution < -0.4 is 21.0 Å². The fraction of sp³-hybridized carbons (Fsp3) is 0.0909. The van der Waals surface area contributed by atoms with Gasteiger partial charge in [0, 0.05) is 0 Å². The van der Waals surface area contributed by atoms with E-state index in [2.05, 4.69) is 20.1 Å². The van der Waals surface area contributed by atoms with Gasteiger partial charge in [0.1, 0.15) is 6.61 Å². The topological polar surface area (TPSA) is 126 Å². The lowest BCUT2D eigenvalue weighted by atomic mass is 10.2. The van der Waals surface area contributed by atoms with Crippen molar-refractivity contribution in [3.8, 4) is 11.6 Å². The van der Waals surface area contributed by atoms with Crippen LogP contribution in [-0.2, 0) is 6.61 Å². The standard InChI is InChI=1S/C11H11N5O3/c12-9-8(19-16-17)10(15-11(13)14-9)18-6-7-4-2-1-3-5-7/h1-5H,6H2,(H4,12,13,14,15). The maximum absolute atomic E-state index is 10.2. The fourth-order valence-electron chi connectivity index (χ4n) is 1.41. The summed E-state index contributed by atoms with van der Waals surface area (Å²) in [6.45, 7) is 0.214. The second-order valence-electron chi connectivity index (χ2n) is 3.54. The second-order valence-corrected chi connectivity index (χ2v) is 3.54. The molecule has 0 aliphatic carbocycles. The molecule has 0 saturated heterocycles. The van der Waals surface area contributed by atoms with Crippen LogP contribution in [0.3, 0.4) is 0 Å². The highest BCUT2D eigenvalue weighted by Crippen LogP contribution is 2.31. The van der Waals surface area contributed by atoms with Crippen LogP contribution in [0.1, 0.15) is 5.56 Å². The Morgan fingerprint density at radius 2 is 1.89 bits per heavy atom. The third-order valence-electron chi connectivity index (χ3n) is 2.22. The van der Waals surface area contributed by atoms with E-state index in [0.717, 1.165) is 5.56 Å². The molecule has 1 aromatic carbocycles. The van der Waals surface area contributed by atoms with E-state index in [1.807, 2.05) is 30.3 Å². The van der Waals surface area contributed by atoms with Crippen LogP contribution in [0.15, 0.2) is 35.7 Å². The Kier molecular flexibility index (Phi) is 3.72. The third-order valence-corrected chi connectivity index (χ3v) is 2.22. The number of nitrogens with two attached hydrogens (primary N) is 2. The Labute approximate surface area is 108 Å². The summed E-state index contributed by atoms with van der Waals surface area (Å²) < 4.78 is 5.40. The summed E-state index contributed by atoms with van der Waals surface area (Å²) in [5, 5.41) is 2.28. The van der Waals surface area contributed by atoms with Crippen molar-refractivity contribution in [2.75, 3.05) is 11.5 Å². The van der Waals surface area contributed by atoms with Gasteiger partial charge in [0.2, 0.25) is 5.95 Å². The van der Waals surface area contributed by atoms with Crippen molar-refractivity contribution in [2.45, 2.75) is 6.61 Å². The molecular formula is C11H11N5O3. The molecule has 0 bridgehead atoms. The number of nitrogen functional groups attached to an aromatic ring is 2. The minimum Gasteiger partial charge on any atom is -0.470 e. The molecule has 2 aromatic rings. The van der Waals surface area contributed by atoms with Gasteiger partial charge < -0.3 is 21.0 Å². The van der Waals surface area contributed by atoms with E-state index in [9.17, 15) is 4.91 Å². The first-order valence-electron chi connectivity index (χ1n) is 5.30. The van der Waals surface area contributed by atoms with E-state index in [-0.39, 0.29) is 30.0 Å². The number of hydrogen-bond donors (Lipinski definition) is 2. The molecule has 0 atom stereocenters. The van der Waals surface area contributed by atoms with E-state index >= 15 is 0 Å². The molecule has 1 heterocycles. The molecule has 0 saturated carbocycles. The Morgan fingerprint density at radius 1 is 1.16 bits per heavy atom. The fourth-order valence-corrected chi connectivity index (χ4v) is 1.41. The minimum atomic E-state index is -0.153. The highest BCUT2D eigenvalue weighted by molar-refractivity contribution is 5.54. The van der Waals surface area contributed by atoms with Crippen molar-refractivity contribution in [3.05, 3.63) is 40.8 Å². The number of ether oxygens (including phenoxy) is 1. The minimum absolute atomic E-state index is 0.0338. The molecule has 8 heteroatoms. The monoisotopic (exact) mass is 261 g/mol. The van der Waals surface area contributed by atoms with Crippen LogP contribution in [0.4, 0.5) is 11.8 Å². The van der Waals surface area contributed by atoms with Crippen molar-refractivity contribution in [3.63, 3.8) is 0 Å². The molecule has 98 valence electrons.